The minimum absolute atomic E-state index is 0.00730. The molecule has 1 atom stereocenters. The van der Waals surface area contributed by atoms with Gasteiger partial charge in [0.05, 0.1) is 6.04 Å². The first-order valence-corrected chi connectivity index (χ1v) is 5.97. The largest absolute Gasteiger partial charge is 0.348 e. The van der Waals surface area contributed by atoms with E-state index in [-0.39, 0.29) is 11.9 Å². The molecule has 3 N–H and O–H groups in total. The summed E-state index contributed by atoms with van der Waals surface area (Å²) in [6.07, 6.45) is 0. The Morgan fingerprint density at radius 3 is 2.61 bits per heavy atom. The van der Waals surface area contributed by atoms with Crippen molar-refractivity contribution >= 4 is 5.91 Å². The minimum Gasteiger partial charge on any atom is -0.348 e. The van der Waals surface area contributed by atoms with Crippen LogP contribution in [0.1, 0.15) is 33.1 Å². The summed E-state index contributed by atoms with van der Waals surface area (Å²) in [4.78, 5) is 11.6. The van der Waals surface area contributed by atoms with E-state index >= 15 is 0 Å². The van der Waals surface area contributed by atoms with E-state index in [9.17, 15) is 4.79 Å². The highest BCUT2D eigenvalue weighted by atomic mass is 16.1. The number of amides is 1. The molecule has 0 bridgehead atoms. The van der Waals surface area contributed by atoms with Crippen molar-refractivity contribution in [2.24, 2.45) is 5.73 Å². The number of rotatable bonds is 2. The van der Waals surface area contributed by atoms with E-state index in [1.165, 1.54) is 0 Å². The molecule has 2 aromatic rings. The second kappa shape index (κ2) is 4.27. The van der Waals surface area contributed by atoms with Crippen molar-refractivity contribution in [3.05, 3.63) is 70.8 Å². The summed E-state index contributed by atoms with van der Waals surface area (Å²) in [7, 11) is 0. The number of carbonyl (C=O) groups excluding carboxylic acids is 1. The molecule has 3 heteroatoms. The normalized spacial score (nSPS) is 15.1. The molecule has 1 amide bonds. The van der Waals surface area contributed by atoms with Gasteiger partial charge in [0.25, 0.3) is 5.91 Å². The molecule has 18 heavy (non-hydrogen) atoms. The first kappa shape index (κ1) is 11.0. The molecule has 90 valence electrons. The lowest BCUT2D eigenvalue weighted by Crippen LogP contribution is -2.14. The number of carbonyl (C=O) groups is 1. The number of nitrogens with one attached hydrogen (secondary N) is 1. The summed E-state index contributed by atoms with van der Waals surface area (Å²) < 4.78 is 0. The van der Waals surface area contributed by atoms with Crippen molar-refractivity contribution in [2.75, 3.05) is 0 Å². The van der Waals surface area contributed by atoms with E-state index in [0.717, 1.165) is 22.3 Å². The Labute approximate surface area is 106 Å². The molecular formula is C15H14N2O. The number of nitrogens with two attached hydrogens (primary N) is 1. The van der Waals surface area contributed by atoms with Crippen molar-refractivity contribution < 1.29 is 4.79 Å². The van der Waals surface area contributed by atoms with Crippen molar-refractivity contribution in [1.29, 1.82) is 0 Å². The first-order chi connectivity index (χ1) is 8.75. The molecule has 1 aliphatic rings. The van der Waals surface area contributed by atoms with Crippen molar-refractivity contribution in [2.45, 2.75) is 12.6 Å². The van der Waals surface area contributed by atoms with Crippen LogP contribution >= 0.6 is 0 Å². The van der Waals surface area contributed by atoms with Crippen LogP contribution in [0, 0.1) is 0 Å². The Hall–Kier alpha value is -2.13. The third kappa shape index (κ3) is 1.79. The minimum atomic E-state index is -0.190. The fourth-order valence-electron chi connectivity index (χ4n) is 2.28. The number of fused-ring (bicyclic) bond motifs is 1. The van der Waals surface area contributed by atoms with Crippen LogP contribution in [0.25, 0.3) is 0 Å². The molecule has 0 radical (unpaired) electrons. The highest BCUT2D eigenvalue weighted by molar-refractivity contribution is 5.98. The predicted molar refractivity (Wildman–Crippen MR) is 70.1 cm³/mol. The van der Waals surface area contributed by atoms with Crippen molar-refractivity contribution in [3.8, 4) is 0 Å². The van der Waals surface area contributed by atoms with Crippen LogP contribution < -0.4 is 11.1 Å². The summed E-state index contributed by atoms with van der Waals surface area (Å²) >= 11 is 0. The summed E-state index contributed by atoms with van der Waals surface area (Å²) in [6, 6.07) is 15.6. The Balaban J connectivity index is 1.99. The highest BCUT2D eigenvalue weighted by Crippen LogP contribution is 2.24. The van der Waals surface area contributed by atoms with Crippen LogP contribution in [0.3, 0.4) is 0 Å². The van der Waals surface area contributed by atoms with Crippen LogP contribution in [0.2, 0.25) is 0 Å². The molecule has 0 spiro atoms. The molecule has 0 saturated carbocycles. The lowest BCUT2D eigenvalue weighted by molar-refractivity contribution is 0.0965. The van der Waals surface area contributed by atoms with Gasteiger partial charge in [-0.1, -0.05) is 42.5 Å². The number of benzene rings is 2. The summed E-state index contributed by atoms with van der Waals surface area (Å²) in [6.45, 7) is 0.620. The predicted octanol–water partition coefficient (Wildman–Crippen LogP) is 1.98. The standard InChI is InChI=1S/C15H14N2O/c16-14(10-4-2-1-3-5-10)11-6-7-12-9-17-15(18)13(12)8-11/h1-8,14H,9,16H2,(H,17,18). The molecule has 3 rings (SSSR count). The lowest BCUT2D eigenvalue weighted by atomic mass is 9.96. The maximum absolute atomic E-state index is 11.6. The van der Waals surface area contributed by atoms with Gasteiger partial charge in [-0.3, -0.25) is 4.79 Å². The van der Waals surface area contributed by atoms with E-state index in [0.29, 0.717) is 6.54 Å². The molecule has 1 unspecified atom stereocenters. The molecule has 1 aliphatic heterocycles. The van der Waals surface area contributed by atoms with Gasteiger partial charge in [-0.15, -0.1) is 0 Å². The fraction of sp³-hybridized carbons (Fsp3) is 0.133. The van der Waals surface area contributed by atoms with Crippen LogP contribution in [-0.2, 0) is 6.54 Å². The second-order valence-electron chi connectivity index (χ2n) is 4.49. The number of hydrogen-bond acceptors (Lipinski definition) is 2. The van der Waals surface area contributed by atoms with Crippen LogP contribution in [-0.4, -0.2) is 5.91 Å². The summed E-state index contributed by atoms with van der Waals surface area (Å²) in [5, 5.41) is 2.81. The first-order valence-electron chi connectivity index (χ1n) is 5.97. The second-order valence-corrected chi connectivity index (χ2v) is 4.49. The zero-order valence-corrected chi connectivity index (χ0v) is 9.89. The van der Waals surface area contributed by atoms with Gasteiger partial charge < -0.3 is 11.1 Å². The molecule has 0 fully saturated rings. The van der Waals surface area contributed by atoms with E-state index < -0.39 is 0 Å². The van der Waals surface area contributed by atoms with E-state index in [1.807, 2.05) is 48.5 Å². The van der Waals surface area contributed by atoms with Gasteiger partial charge in [-0.25, -0.2) is 0 Å². The molecule has 3 nitrogen and oxygen atoms in total. The Morgan fingerprint density at radius 1 is 1.06 bits per heavy atom. The average molecular weight is 238 g/mol. The Bertz CT molecular complexity index is 593. The van der Waals surface area contributed by atoms with Gasteiger partial charge in [-0.2, -0.15) is 0 Å². The van der Waals surface area contributed by atoms with Crippen LogP contribution in [0.15, 0.2) is 48.5 Å². The van der Waals surface area contributed by atoms with Crippen LogP contribution in [0.4, 0.5) is 0 Å². The maximum Gasteiger partial charge on any atom is 0.251 e. The van der Waals surface area contributed by atoms with Gasteiger partial charge in [0.1, 0.15) is 0 Å². The zero-order chi connectivity index (χ0) is 12.5. The van der Waals surface area contributed by atoms with E-state index in [4.69, 9.17) is 5.73 Å². The zero-order valence-electron chi connectivity index (χ0n) is 9.89. The van der Waals surface area contributed by atoms with Gasteiger partial charge in [0.15, 0.2) is 0 Å². The third-order valence-corrected chi connectivity index (χ3v) is 3.34. The third-order valence-electron chi connectivity index (χ3n) is 3.34. The molecule has 1 heterocycles. The fourth-order valence-corrected chi connectivity index (χ4v) is 2.28. The highest BCUT2D eigenvalue weighted by Gasteiger charge is 2.20. The van der Waals surface area contributed by atoms with Gasteiger partial charge >= 0.3 is 0 Å². The number of hydrogen-bond donors (Lipinski definition) is 2. The smallest absolute Gasteiger partial charge is 0.251 e. The van der Waals surface area contributed by atoms with Gasteiger partial charge in [0.2, 0.25) is 0 Å². The van der Waals surface area contributed by atoms with E-state index in [2.05, 4.69) is 5.32 Å². The van der Waals surface area contributed by atoms with Crippen molar-refractivity contribution in [3.63, 3.8) is 0 Å². The van der Waals surface area contributed by atoms with Crippen molar-refractivity contribution in [1.82, 2.24) is 5.32 Å². The molecule has 0 aromatic heterocycles. The summed E-state index contributed by atoms with van der Waals surface area (Å²) in [5.41, 5.74) is 10.0. The Morgan fingerprint density at radius 2 is 1.83 bits per heavy atom. The van der Waals surface area contributed by atoms with E-state index in [1.54, 1.807) is 0 Å². The quantitative estimate of drug-likeness (QED) is 0.840. The molecule has 2 aromatic carbocycles. The van der Waals surface area contributed by atoms with Gasteiger partial charge in [-0.05, 0) is 22.8 Å². The molecule has 0 aliphatic carbocycles. The Kier molecular flexibility index (Phi) is 2.61. The van der Waals surface area contributed by atoms with Gasteiger partial charge in [0, 0.05) is 12.1 Å². The molecular weight excluding hydrogens is 224 g/mol. The summed E-state index contributed by atoms with van der Waals surface area (Å²) in [5.74, 6) is -0.00730. The maximum atomic E-state index is 11.6. The van der Waals surface area contributed by atoms with Crippen LogP contribution in [0.5, 0.6) is 0 Å². The monoisotopic (exact) mass is 238 g/mol. The average Bonchev–Trinajstić information content (AvgIpc) is 2.80. The molecule has 0 saturated heterocycles. The lowest BCUT2D eigenvalue weighted by Gasteiger charge is -2.13. The topological polar surface area (TPSA) is 55.1 Å². The SMILES string of the molecule is NC(c1ccccc1)c1ccc2c(c1)C(=O)NC2.